The molecule has 0 aliphatic heterocycles. The van der Waals surface area contributed by atoms with E-state index >= 15 is 0 Å². The summed E-state index contributed by atoms with van der Waals surface area (Å²) in [5.74, 6) is -1.20. The van der Waals surface area contributed by atoms with Crippen LogP contribution in [0.15, 0.2) is 12.1 Å². The van der Waals surface area contributed by atoms with Crippen LogP contribution in [0, 0.1) is 23.5 Å². The molecular formula is C15H21F2NO. The number of halogens is 2. The molecule has 1 aromatic carbocycles. The molecule has 1 aliphatic carbocycles. The van der Waals surface area contributed by atoms with E-state index in [2.05, 4.69) is 12.2 Å². The topological polar surface area (TPSA) is 32.3 Å². The summed E-state index contributed by atoms with van der Waals surface area (Å²) in [7, 11) is 0. The maximum atomic E-state index is 13.1. The van der Waals surface area contributed by atoms with Gasteiger partial charge in [-0.1, -0.05) is 19.8 Å². The van der Waals surface area contributed by atoms with Crippen LogP contribution in [0.3, 0.4) is 0 Å². The third-order valence-corrected chi connectivity index (χ3v) is 3.97. The molecule has 4 heteroatoms. The zero-order chi connectivity index (χ0) is 13.8. The van der Waals surface area contributed by atoms with E-state index < -0.39 is 17.4 Å². The van der Waals surface area contributed by atoms with E-state index in [0.717, 1.165) is 12.5 Å². The normalized spacial score (nSPS) is 23.5. The minimum absolute atomic E-state index is 0.431. The molecule has 1 aliphatic rings. The van der Waals surface area contributed by atoms with Crippen molar-refractivity contribution >= 4 is 0 Å². The molecule has 0 aromatic heterocycles. The average molecular weight is 269 g/mol. The van der Waals surface area contributed by atoms with Gasteiger partial charge in [0.2, 0.25) is 0 Å². The van der Waals surface area contributed by atoms with Gasteiger partial charge in [-0.15, -0.1) is 0 Å². The number of phenols is 1. The molecule has 1 aromatic rings. The Bertz CT molecular complexity index is 405. The predicted octanol–water partition coefficient (Wildman–Crippen LogP) is 3.59. The molecule has 0 bridgehead atoms. The van der Waals surface area contributed by atoms with Crippen LogP contribution >= 0.6 is 0 Å². The second-order valence-electron chi connectivity index (χ2n) is 5.66. The van der Waals surface area contributed by atoms with Crippen molar-refractivity contribution in [1.29, 1.82) is 0 Å². The van der Waals surface area contributed by atoms with Gasteiger partial charge in [-0.25, -0.2) is 8.78 Å². The van der Waals surface area contributed by atoms with E-state index in [9.17, 15) is 8.78 Å². The van der Waals surface area contributed by atoms with Crippen LogP contribution in [0.1, 0.15) is 38.2 Å². The molecule has 1 fully saturated rings. The van der Waals surface area contributed by atoms with Gasteiger partial charge in [0.25, 0.3) is 0 Å². The Labute approximate surface area is 112 Å². The molecule has 0 spiro atoms. The van der Waals surface area contributed by atoms with E-state index in [-0.39, 0.29) is 0 Å². The first-order chi connectivity index (χ1) is 9.06. The smallest absolute Gasteiger partial charge is 0.187 e. The maximum Gasteiger partial charge on any atom is 0.187 e. The van der Waals surface area contributed by atoms with Crippen molar-refractivity contribution in [3.05, 3.63) is 29.3 Å². The first kappa shape index (κ1) is 14.3. The Morgan fingerprint density at radius 2 is 1.74 bits per heavy atom. The summed E-state index contributed by atoms with van der Waals surface area (Å²) in [6, 6.07) is 2.35. The molecular weight excluding hydrogens is 248 g/mol. The van der Waals surface area contributed by atoms with E-state index in [0.29, 0.717) is 18.0 Å². The molecule has 0 unspecified atom stereocenters. The number of rotatable bonds is 4. The Morgan fingerprint density at radius 1 is 1.16 bits per heavy atom. The monoisotopic (exact) mass is 269 g/mol. The van der Waals surface area contributed by atoms with Crippen LogP contribution in [-0.2, 0) is 6.54 Å². The molecule has 2 nitrogen and oxygen atoms in total. The van der Waals surface area contributed by atoms with Crippen LogP contribution in [-0.4, -0.2) is 11.7 Å². The Kier molecular flexibility index (Phi) is 4.75. The standard InChI is InChI=1S/C15H21F2NO/c1-10-2-4-11(5-3-10)8-18-9-12-6-13(16)15(19)14(17)7-12/h6-7,10-11,18-19H,2-5,8-9H2,1H3. The highest BCUT2D eigenvalue weighted by Gasteiger charge is 2.17. The summed E-state index contributed by atoms with van der Waals surface area (Å²) in [6.07, 6.45) is 5.00. The summed E-state index contributed by atoms with van der Waals surface area (Å²) in [4.78, 5) is 0. The van der Waals surface area contributed by atoms with Crippen LogP contribution < -0.4 is 5.32 Å². The molecule has 2 rings (SSSR count). The molecule has 0 saturated heterocycles. The zero-order valence-electron chi connectivity index (χ0n) is 11.3. The minimum Gasteiger partial charge on any atom is -0.503 e. The molecule has 0 atom stereocenters. The van der Waals surface area contributed by atoms with Crippen molar-refractivity contribution in [1.82, 2.24) is 5.32 Å². The second-order valence-corrected chi connectivity index (χ2v) is 5.66. The number of hydrogen-bond acceptors (Lipinski definition) is 2. The molecule has 2 N–H and O–H groups in total. The Hall–Kier alpha value is -1.16. The fraction of sp³-hybridized carbons (Fsp3) is 0.600. The summed E-state index contributed by atoms with van der Waals surface area (Å²) in [5.41, 5.74) is 0.525. The largest absolute Gasteiger partial charge is 0.503 e. The predicted molar refractivity (Wildman–Crippen MR) is 70.9 cm³/mol. The highest BCUT2D eigenvalue weighted by Crippen LogP contribution is 2.27. The molecule has 106 valence electrons. The van der Waals surface area contributed by atoms with Gasteiger partial charge in [0.05, 0.1) is 0 Å². The first-order valence-electron chi connectivity index (χ1n) is 6.94. The third-order valence-electron chi connectivity index (χ3n) is 3.97. The zero-order valence-corrected chi connectivity index (χ0v) is 11.3. The van der Waals surface area contributed by atoms with Gasteiger partial charge in [-0.05, 0) is 48.9 Å². The highest BCUT2D eigenvalue weighted by atomic mass is 19.1. The lowest BCUT2D eigenvalue weighted by atomic mass is 9.83. The van der Waals surface area contributed by atoms with Crippen LogP contribution in [0.5, 0.6) is 5.75 Å². The Morgan fingerprint density at radius 3 is 2.32 bits per heavy atom. The summed E-state index contributed by atoms with van der Waals surface area (Å²) in [6.45, 7) is 3.60. The highest BCUT2D eigenvalue weighted by molar-refractivity contribution is 5.29. The fourth-order valence-electron chi connectivity index (χ4n) is 2.67. The van der Waals surface area contributed by atoms with Gasteiger partial charge in [-0.3, -0.25) is 0 Å². The lowest BCUT2D eigenvalue weighted by Gasteiger charge is -2.26. The van der Waals surface area contributed by atoms with Crippen molar-refractivity contribution < 1.29 is 13.9 Å². The summed E-state index contributed by atoms with van der Waals surface area (Å²) in [5, 5.41) is 12.3. The van der Waals surface area contributed by atoms with E-state index in [4.69, 9.17) is 5.11 Å². The van der Waals surface area contributed by atoms with Gasteiger partial charge in [0.15, 0.2) is 17.4 Å². The van der Waals surface area contributed by atoms with E-state index in [1.807, 2.05) is 0 Å². The molecule has 19 heavy (non-hydrogen) atoms. The first-order valence-corrected chi connectivity index (χ1v) is 6.94. The van der Waals surface area contributed by atoms with Crippen molar-refractivity contribution in [2.24, 2.45) is 11.8 Å². The lowest BCUT2D eigenvalue weighted by molar-refractivity contribution is 0.281. The van der Waals surface area contributed by atoms with Crippen molar-refractivity contribution in [2.45, 2.75) is 39.2 Å². The molecule has 0 radical (unpaired) electrons. The van der Waals surface area contributed by atoms with Crippen LogP contribution in [0.2, 0.25) is 0 Å². The van der Waals surface area contributed by atoms with Crippen molar-refractivity contribution in [2.75, 3.05) is 6.54 Å². The quantitative estimate of drug-likeness (QED) is 0.875. The van der Waals surface area contributed by atoms with Gasteiger partial charge in [0.1, 0.15) is 0 Å². The summed E-state index contributed by atoms with van der Waals surface area (Å²) < 4.78 is 26.3. The molecule has 1 saturated carbocycles. The minimum atomic E-state index is -0.900. The number of nitrogens with one attached hydrogen (secondary N) is 1. The van der Waals surface area contributed by atoms with E-state index in [1.54, 1.807) is 0 Å². The summed E-state index contributed by atoms with van der Waals surface area (Å²) >= 11 is 0. The van der Waals surface area contributed by atoms with Crippen molar-refractivity contribution in [3.8, 4) is 5.75 Å². The average Bonchev–Trinajstić information content (AvgIpc) is 2.38. The lowest BCUT2D eigenvalue weighted by Crippen LogP contribution is -2.25. The second kappa shape index (κ2) is 6.33. The number of benzene rings is 1. The molecule has 0 amide bonds. The molecule has 0 heterocycles. The maximum absolute atomic E-state index is 13.1. The van der Waals surface area contributed by atoms with Crippen LogP contribution in [0.4, 0.5) is 8.78 Å². The van der Waals surface area contributed by atoms with Gasteiger partial charge in [-0.2, -0.15) is 0 Å². The van der Waals surface area contributed by atoms with Gasteiger partial charge < -0.3 is 10.4 Å². The van der Waals surface area contributed by atoms with Crippen molar-refractivity contribution in [3.63, 3.8) is 0 Å². The Balaban J connectivity index is 1.79. The SMILES string of the molecule is CC1CCC(CNCc2cc(F)c(O)c(F)c2)CC1. The number of phenolic OH excluding ortho intramolecular Hbond substituents is 1. The number of hydrogen-bond donors (Lipinski definition) is 2. The fourth-order valence-corrected chi connectivity index (χ4v) is 2.67. The third kappa shape index (κ3) is 3.90. The number of aromatic hydroxyl groups is 1. The van der Waals surface area contributed by atoms with Crippen LogP contribution in [0.25, 0.3) is 0 Å². The van der Waals surface area contributed by atoms with Gasteiger partial charge >= 0.3 is 0 Å². The van der Waals surface area contributed by atoms with E-state index in [1.165, 1.54) is 37.8 Å². The van der Waals surface area contributed by atoms with Gasteiger partial charge in [0, 0.05) is 6.54 Å².